The second-order valence-corrected chi connectivity index (χ2v) is 5.20. The van der Waals surface area contributed by atoms with E-state index in [2.05, 4.69) is 17.6 Å². The van der Waals surface area contributed by atoms with Gasteiger partial charge in [0.1, 0.15) is 0 Å². The molecule has 1 aliphatic carbocycles. The zero-order chi connectivity index (χ0) is 13.0. The number of rotatable bonds is 5. The Kier molecular flexibility index (Phi) is 4.12. The number of halogens is 1. The molecule has 1 aromatic carbocycles. The third-order valence-electron chi connectivity index (χ3n) is 3.31. The maximum atomic E-state index is 11.8. The number of unbranched alkanes of at least 4 members (excludes halogenated alkanes) is 1. The van der Waals surface area contributed by atoms with Crippen LogP contribution in [0.3, 0.4) is 0 Å². The number of amides is 2. The number of carbonyl (C=O) groups is 1. The molecule has 0 saturated heterocycles. The number of urea groups is 1. The summed E-state index contributed by atoms with van der Waals surface area (Å²) in [7, 11) is 0. The Balaban J connectivity index is 1.96. The predicted octanol–water partition coefficient (Wildman–Crippen LogP) is 3.43. The van der Waals surface area contributed by atoms with E-state index in [1.807, 2.05) is 24.3 Å². The number of nitrogens with one attached hydrogen (secondary N) is 2. The highest BCUT2D eigenvalue weighted by atomic mass is 35.5. The zero-order valence-corrected chi connectivity index (χ0v) is 11.4. The molecule has 18 heavy (non-hydrogen) atoms. The third kappa shape index (κ3) is 2.96. The van der Waals surface area contributed by atoms with Crippen molar-refractivity contribution in [2.45, 2.75) is 38.1 Å². The van der Waals surface area contributed by atoms with Gasteiger partial charge in [0.05, 0.1) is 5.54 Å². The van der Waals surface area contributed by atoms with Gasteiger partial charge in [0.25, 0.3) is 0 Å². The minimum Gasteiger partial charge on any atom is -0.338 e. The van der Waals surface area contributed by atoms with E-state index < -0.39 is 0 Å². The summed E-state index contributed by atoms with van der Waals surface area (Å²) in [6.07, 6.45) is 4.00. The molecule has 1 saturated carbocycles. The van der Waals surface area contributed by atoms with Gasteiger partial charge in [-0.25, -0.2) is 4.79 Å². The molecular weight excluding hydrogens is 248 g/mol. The SMILES string of the molecule is CCCCNC(=O)NC1(c2ccccc2Cl)CC1. The van der Waals surface area contributed by atoms with Gasteiger partial charge in [-0.15, -0.1) is 0 Å². The van der Waals surface area contributed by atoms with Crippen LogP contribution in [0.15, 0.2) is 24.3 Å². The summed E-state index contributed by atoms with van der Waals surface area (Å²) in [4.78, 5) is 11.8. The van der Waals surface area contributed by atoms with Crippen LogP contribution < -0.4 is 10.6 Å². The molecule has 0 heterocycles. The molecule has 0 aliphatic heterocycles. The lowest BCUT2D eigenvalue weighted by Gasteiger charge is -2.19. The van der Waals surface area contributed by atoms with Gasteiger partial charge in [0.2, 0.25) is 0 Å². The van der Waals surface area contributed by atoms with Crippen LogP contribution >= 0.6 is 11.6 Å². The average molecular weight is 267 g/mol. The number of carbonyl (C=O) groups excluding carboxylic acids is 1. The van der Waals surface area contributed by atoms with Crippen molar-refractivity contribution in [2.75, 3.05) is 6.54 Å². The fourth-order valence-electron chi connectivity index (χ4n) is 2.08. The van der Waals surface area contributed by atoms with Crippen molar-refractivity contribution in [1.29, 1.82) is 0 Å². The van der Waals surface area contributed by atoms with Crippen LogP contribution in [-0.4, -0.2) is 12.6 Å². The first-order chi connectivity index (χ1) is 8.68. The van der Waals surface area contributed by atoms with Crippen molar-refractivity contribution in [3.8, 4) is 0 Å². The first kappa shape index (κ1) is 13.2. The molecule has 1 aliphatic rings. The Morgan fingerprint density at radius 3 is 2.72 bits per heavy atom. The van der Waals surface area contributed by atoms with Gasteiger partial charge in [0, 0.05) is 11.6 Å². The van der Waals surface area contributed by atoms with E-state index in [9.17, 15) is 4.79 Å². The Labute approximate surface area is 113 Å². The summed E-state index contributed by atoms with van der Waals surface area (Å²) >= 11 is 6.19. The molecule has 0 radical (unpaired) electrons. The van der Waals surface area contributed by atoms with Crippen LogP contribution in [0.25, 0.3) is 0 Å². The predicted molar refractivity (Wildman–Crippen MR) is 73.8 cm³/mol. The molecule has 0 spiro atoms. The van der Waals surface area contributed by atoms with Gasteiger partial charge in [0.15, 0.2) is 0 Å². The monoisotopic (exact) mass is 266 g/mol. The van der Waals surface area contributed by atoms with Gasteiger partial charge >= 0.3 is 6.03 Å². The number of benzene rings is 1. The van der Waals surface area contributed by atoms with Gasteiger partial charge in [-0.1, -0.05) is 43.1 Å². The second kappa shape index (κ2) is 5.61. The van der Waals surface area contributed by atoms with Gasteiger partial charge in [-0.2, -0.15) is 0 Å². The first-order valence-corrected chi connectivity index (χ1v) is 6.87. The van der Waals surface area contributed by atoms with Crippen LogP contribution in [-0.2, 0) is 5.54 Å². The highest BCUT2D eigenvalue weighted by Crippen LogP contribution is 2.47. The number of hydrogen-bond acceptors (Lipinski definition) is 1. The van der Waals surface area contributed by atoms with E-state index >= 15 is 0 Å². The first-order valence-electron chi connectivity index (χ1n) is 6.49. The van der Waals surface area contributed by atoms with Crippen molar-refractivity contribution in [3.63, 3.8) is 0 Å². The van der Waals surface area contributed by atoms with E-state index in [0.29, 0.717) is 0 Å². The van der Waals surface area contributed by atoms with E-state index in [4.69, 9.17) is 11.6 Å². The van der Waals surface area contributed by atoms with E-state index in [-0.39, 0.29) is 11.6 Å². The second-order valence-electron chi connectivity index (χ2n) is 4.80. The largest absolute Gasteiger partial charge is 0.338 e. The van der Waals surface area contributed by atoms with E-state index in [0.717, 1.165) is 42.8 Å². The van der Waals surface area contributed by atoms with Crippen LogP contribution in [0.2, 0.25) is 5.02 Å². The van der Waals surface area contributed by atoms with Crippen molar-refractivity contribution in [2.24, 2.45) is 0 Å². The Bertz CT molecular complexity index is 430. The van der Waals surface area contributed by atoms with E-state index in [1.54, 1.807) is 0 Å². The summed E-state index contributed by atoms with van der Waals surface area (Å²) < 4.78 is 0. The minimum atomic E-state index is -0.241. The smallest absolute Gasteiger partial charge is 0.315 e. The van der Waals surface area contributed by atoms with Crippen molar-refractivity contribution in [1.82, 2.24) is 10.6 Å². The summed E-state index contributed by atoms with van der Waals surface area (Å²) in [6.45, 7) is 2.83. The highest BCUT2D eigenvalue weighted by Gasteiger charge is 2.46. The Hall–Kier alpha value is -1.22. The minimum absolute atomic E-state index is 0.0964. The van der Waals surface area contributed by atoms with Crippen LogP contribution in [0, 0.1) is 0 Å². The molecule has 0 unspecified atom stereocenters. The summed E-state index contributed by atoms with van der Waals surface area (Å²) in [5.74, 6) is 0. The topological polar surface area (TPSA) is 41.1 Å². The molecule has 2 rings (SSSR count). The van der Waals surface area contributed by atoms with E-state index in [1.165, 1.54) is 0 Å². The van der Waals surface area contributed by atoms with Gasteiger partial charge < -0.3 is 10.6 Å². The average Bonchev–Trinajstić information content (AvgIpc) is 3.10. The molecule has 98 valence electrons. The molecule has 2 amide bonds. The van der Waals surface area contributed by atoms with Crippen molar-refractivity contribution < 1.29 is 4.79 Å². The van der Waals surface area contributed by atoms with Crippen molar-refractivity contribution in [3.05, 3.63) is 34.9 Å². The molecule has 0 atom stereocenters. The number of hydrogen-bond donors (Lipinski definition) is 2. The van der Waals surface area contributed by atoms with Crippen LogP contribution in [0.5, 0.6) is 0 Å². The fraction of sp³-hybridized carbons (Fsp3) is 0.500. The summed E-state index contributed by atoms with van der Waals surface area (Å²) in [6, 6.07) is 7.62. The van der Waals surface area contributed by atoms with Crippen LogP contribution in [0.1, 0.15) is 38.2 Å². The molecule has 0 bridgehead atoms. The van der Waals surface area contributed by atoms with Crippen LogP contribution in [0.4, 0.5) is 4.79 Å². The molecule has 1 aromatic rings. The van der Waals surface area contributed by atoms with Gasteiger partial charge in [-0.3, -0.25) is 0 Å². The standard InChI is InChI=1S/C14H19ClN2O/c1-2-3-10-16-13(18)17-14(8-9-14)11-6-4-5-7-12(11)15/h4-7H,2-3,8-10H2,1H3,(H2,16,17,18). The fourth-order valence-corrected chi connectivity index (χ4v) is 2.39. The molecule has 4 heteroatoms. The Morgan fingerprint density at radius 1 is 1.39 bits per heavy atom. The van der Waals surface area contributed by atoms with Gasteiger partial charge in [-0.05, 0) is 30.9 Å². The summed E-state index contributed by atoms with van der Waals surface area (Å²) in [5.41, 5.74) is 0.784. The van der Waals surface area contributed by atoms with Crippen molar-refractivity contribution >= 4 is 17.6 Å². The quantitative estimate of drug-likeness (QED) is 0.788. The lowest BCUT2D eigenvalue weighted by molar-refractivity contribution is 0.235. The molecular formula is C14H19ClN2O. The zero-order valence-electron chi connectivity index (χ0n) is 10.6. The lowest BCUT2D eigenvalue weighted by Crippen LogP contribution is -2.42. The molecule has 3 nitrogen and oxygen atoms in total. The Morgan fingerprint density at radius 2 is 2.11 bits per heavy atom. The maximum absolute atomic E-state index is 11.8. The summed E-state index contributed by atoms with van der Waals surface area (Å²) in [5, 5.41) is 6.65. The maximum Gasteiger partial charge on any atom is 0.315 e. The molecule has 0 aromatic heterocycles. The molecule has 2 N–H and O–H groups in total. The highest BCUT2D eigenvalue weighted by molar-refractivity contribution is 6.31. The third-order valence-corrected chi connectivity index (χ3v) is 3.64. The lowest BCUT2D eigenvalue weighted by atomic mass is 10.1. The normalized spacial score (nSPS) is 16.1. The molecule has 1 fully saturated rings.